The number of aryl methyl sites for hydroxylation is 1. The van der Waals surface area contributed by atoms with Crippen LogP contribution >= 0.6 is 0 Å². The molecule has 0 saturated carbocycles. The first-order chi connectivity index (χ1) is 12.7. The molecule has 0 bridgehead atoms. The number of hydrogen-bond donors (Lipinski definition) is 3. The van der Waals surface area contributed by atoms with Gasteiger partial charge in [0, 0.05) is 11.3 Å². The summed E-state index contributed by atoms with van der Waals surface area (Å²) >= 11 is 0. The number of halogens is 3. The first-order valence-electron chi connectivity index (χ1n) is 8.00. The van der Waals surface area contributed by atoms with Crippen LogP contribution in [0.1, 0.15) is 27.2 Å². The van der Waals surface area contributed by atoms with Gasteiger partial charge in [-0.1, -0.05) is 12.1 Å². The Balaban J connectivity index is 1.83. The van der Waals surface area contributed by atoms with Gasteiger partial charge in [0.05, 0.1) is 11.3 Å². The molecule has 0 fully saturated rings. The summed E-state index contributed by atoms with van der Waals surface area (Å²) in [6.45, 7) is 3.62. The zero-order chi connectivity index (χ0) is 19.8. The molecular weight excluding hydrogens is 359 g/mol. The van der Waals surface area contributed by atoms with Gasteiger partial charge in [-0.2, -0.15) is 18.3 Å². The molecular formula is C19H16F3N3O2. The van der Waals surface area contributed by atoms with Crippen LogP contribution in [0.3, 0.4) is 0 Å². The van der Waals surface area contributed by atoms with Crippen LogP contribution in [-0.2, 0) is 6.18 Å². The quantitative estimate of drug-likeness (QED) is 0.622. The number of rotatable bonds is 3. The van der Waals surface area contributed by atoms with Crippen molar-refractivity contribution < 1.29 is 23.1 Å². The van der Waals surface area contributed by atoms with E-state index in [0.717, 1.165) is 17.7 Å². The molecule has 0 unspecified atom stereocenters. The summed E-state index contributed by atoms with van der Waals surface area (Å²) in [5.74, 6) is -0.581. The lowest BCUT2D eigenvalue weighted by Gasteiger charge is -2.09. The minimum Gasteiger partial charge on any atom is -0.507 e. The van der Waals surface area contributed by atoms with Gasteiger partial charge in [0.1, 0.15) is 11.4 Å². The average molecular weight is 375 g/mol. The van der Waals surface area contributed by atoms with Crippen molar-refractivity contribution in [2.45, 2.75) is 20.0 Å². The molecule has 0 saturated heterocycles. The smallest absolute Gasteiger partial charge is 0.416 e. The van der Waals surface area contributed by atoms with E-state index >= 15 is 0 Å². The van der Waals surface area contributed by atoms with Gasteiger partial charge in [-0.15, -0.1) is 0 Å². The highest BCUT2D eigenvalue weighted by Gasteiger charge is 2.30. The Bertz CT molecular complexity index is 1010. The molecule has 140 valence electrons. The maximum absolute atomic E-state index is 12.8. The second kappa shape index (κ2) is 6.79. The maximum Gasteiger partial charge on any atom is 0.416 e. The fraction of sp³-hybridized carbons (Fsp3) is 0.158. The van der Waals surface area contributed by atoms with Crippen LogP contribution in [0.5, 0.6) is 5.75 Å². The number of nitrogens with one attached hydrogen (secondary N) is 2. The summed E-state index contributed by atoms with van der Waals surface area (Å²) in [7, 11) is 0. The number of hydrogen-bond acceptors (Lipinski definition) is 3. The molecule has 0 atom stereocenters. The SMILES string of the molecule is Cc1ccc(-c2cc(C(=O)Nc3cccc(C(F)(F)F)c3)[nH]n2)c(O)c1C. The Morgan fingerprint density at radius 1 is 1.15 bits per heavy atom. The third-order valence-corrected chi connectivity index (χ3v) is 4.25. The summed E-state index contributed by atoms with van der Waals surface area (Å²) in [6.07, 6.45) is -4.50. The summed E-state index contributed by atoms with van der Waals surface area (Å²) < 4.78 is 38.3. The van der Waals surface area contributed by atoms with Gasteiger partial charge in [-0.25, -0.2) is 0 Å². The predicted molar refractivity (Wildman–Crippen MR) is 94.6 cm³/mol. The van der Waals surface area contributed by atoms with Crippen LogP contribution in [0.4, 0.5) is 18.9 Å². The number of benzene rings is 2. The molecule has 0 aliphatic heterocycles. The van der Waals surface area contributed by atoms with Crippen molar-refractivity contribution in [3.8, 4) is 17.0 Å². The first-order valence-corrected chi connectivity index (χ1v) is 8.00. The molecule has 0 spiro atoms. The number of carbonyl (C=O) groups is 1. The van der Waals surface area contributed by atoms with Crippen LogP contribution in [0, 0.1) is 13.8 Å². The molecule has 1 amide bonds. The van der Waals surface area contributed by atoms with Gasteiger partial charge in [0.15, 0.2) is 0 Å². The van der Waals surface area contributed by atoms with Crippen molar-refractivity contribution >= 4 is 11.6 Å². The molecule has 3 N–H and O–H groups in total. The molecule has 0 radical (unpaired) electrons. The number of H-pyrrole nitrogens is 1. The van der Waals surface area contributed by atoms with E-state index in [1.54, 1.807) is 13.0 Å². The molecule has 5 nitrogen and oxygen atoms in total. The van der Waals surface area contributed by atoms with Crippen LogP contribution in [0.2, 0.25) is 0 Å². The molecule has 8 heteroatoms. The fourth-order valence-electron chi connectivity index (χ4n) is 2.56. The van der Waals surface area contributed by atoms with Gasteiger partial charge < -0.3 is 10.4 Å². The van der Waals surface area contributed by atoms with Crippen molar-refractivity contribution in [2.24, 2.45) is 0 Å². The van der Waals surface area contributed by atoms with Crippen molar-refractivity contribution in [3.63, 3.8) is 0 Å². The zero-order valence-corrected chi connectivity index (χ0v) is 14.5. The summed E-state index contributed by atoms with van der Waals surface area (Å²) in [6, 6.07) is 9.27. The third kappa shape index (κ3) is 3.79. The number of alkyl halides is 3. The number of amides is 1. The number of anilines is 1. The van der Waals surface area contributed by atoms with E-state index in [4.69, 9.17) is 0 Å². The standard InChI is InChI=1S/C19H16F3N3O2/c1-10-6-7-14(17(26)11(10)2)15-9-16(25-24-15)18(27)23-13-5-3-4-12(8-13)19(20,21)22/h3-9,26H,1-2H3,(H,23,27)(H,24,25). The Hall–Kier alpha value is -3.29. The lowest BCUT2D eigenvalue weighted by molar-refractivity contribution is -0.137. The van der Waals surface area contributed by atoms with Gasteiger partial charge >= 0.3 is 6.18 Å². The van der Waals surface area contributed by atoms with Gasteiger partial charge in [-0.05, 0) is 55.3 Å². The molecule has 1 heterocycles. The number of aromatic hydroxyl groups is 1. The maximum atomic E-state index is 12.8. The van der Waals surface area contributed by atoms with Crippen molar-refractivity contribution in [1.82, 2.24) is 10.2 Å². The first kappa shape index (κ1) is 18.5. The van der Waals surface area contributed by atoms with E-state index in [-0.39, 0.29) is 17.1 Å². The molecule has 3 rings (SSSR count). The largest absolute Gasteiger partial charge is 0.507 e. The number of nitrogens with zero attached hydrogens (tertiary/aromatic N) is 1. The molecule has 3 aromatic rings. The third-order valence-electron chi connectivity index (χ3n) is 4.25. The van der Waals surface area contributed by atoms with Crippen LogP contribution in [-0.4, -0.2) is 21.2 Å². The predicted octanol–water partition coefficient (Wildman–Crippen LogP) is 4.67. The molecule has 1 aromatic heterocycles. The number of phenolic OH excluding ortho intramolecular Hbond substituents is 1. The highest BCUT2D eigenvalue weighted by molar-refractivity contribution is 6.03. The van der Waals surface area contributed by atoms with Crippen LogP contribution < -0.4 is 5.32 Å². The topological polar surface area (TPSA) is 78.0 Å². The van der Waals surface area contributed by atoms with Gasteiger partial charge in [0.25, 0.3) is 5.91 Å². The number of phenols is 1. The minimum atomic E-state index is -4.50. The Kier molecular flexibility index (Phi) is 4.65. The van der Waals surface area contributed by atoms with E-state index in [9.17, 15) is 23.1 Å². The number of aromatic amines is 1. The highest BCUT2D eigenvalue weighted by atomic mass is 19.4. The summed E-state index contributed by atoms with van der Waals surface area (Å²) in [5.41, 5.74) is 1.63. The van der Waals surface area contributed by atoms with Crippen molar-refractivity contribution in [3.05, 3.63) is 64.8 Å². The van der Waals surface area contributed by atoms with E-state index in [1.807, 2.05) is 13.0 Å². The normalized spacial score (nSPS) is 11.4. The van der Waals surface area contributed by atoms with E-state index in [0.29, 0.717) is 16.8 Å². The summed E-state index contributed by atoms with van der Waals surface area (Å²) in [5, 5.41) is 19.2. The second-order valence-corrected chi connectivity index (χ2v) is 6.10. The van der Waals surface area contributed by atoms with Crippen molar-refractivity contribution in [1.29, 1.82) is 0 Å². The molecule has 2 aromatic carbocycles. The van der Waals surface area contributed by atoms with Gasteiger partial charge in [0.2, 0.25) is 0 Å². The van der Waals surface area contributed by atoms with E-state index < -0.39 is 17.6 Å². The second-order valence-electron chi connectivity index (χ2n) is 6.10. The lowest BCUT2D eigenvalue weighted by Crippen LogP contribution is -2.13. The van der Waals surface area contributed by atoms with Crippen molar-refractivity contribution in [2.75, 3.05) is 5.32 Å². The Morgan fingerprint density at radius 3 is 2.59 bits per heavy atom. The van der Waals surface area contributed by atoms with E-state index in [1.165, 1.54) is 18.2 Å². The molecule has 27 heavy (non-hydrogen) atoms. The van der Waals surface area contributed by atoms with Crippen LogP contribution in [0.25, 0.3) is 11.3 Å². The number of aromatic nitrogens is 2. The number of carbonyl (C=O) groups excluding carboxylic acids is 1. The fourth-order valence-corrected chi connectivity index (χ4v) is 2.56. The Labute approximate surface area is 152 Å². The van der Waals surface area contributed by atoms with E-state index in [2.05, 4.69) is 15.5 Å². The highest BCUT2D eigenvalue weighted by Crippen LogP contribution is 2.33. The molecule has 0 aliphatic carbocycles. The summed E-state index contributed by atoms with van der Waals surface area (Å²) in [4.78, 5) is 12.3. The monoisotopic (exact) mass is 375 g/mol. The van der Waals surface area contributed by atoms with Gasteiger partial charge in [-0.3, -0.25) is 9.89 Å². The zero-order valence-electron chi connectivity index (χ0n) is 14.5. The Morgan fingerprint density at radius 2 is 1.89 bits per heavy atom. The molecule has 0 aliphatic rings. The van der Waals surface area contributed by atoms with Crippen LogP contribution in [0.15, 0.2) is 42.5 Å². The lowest BCUT2D eigenvalue weighted by atomic mass is 10.0. The minimum absolute atomic E-state index is 0.0139. The average Bonchev–Trinajstić information content (AvgIpc) is 3.09.